The van der Waals surface area contributed by atoms with Crippen molar-refractivity contribution in [2.24, 2.45) is 0 Å². The highest BCUT2D eigenvalue weighted by molar-refractivity contribution is 9.10. The first kappa shape index (κ1) is 37.4. The van der Waals surface area contributed by atoms with Crippen molar-refractivity contribution in [3.63, 3.8) is 0 Å². The molecule has 4 amide bonds. The molecule has 1 aliphatic rings. The SMILES string of the molecule is CC(Sc1cccc(NC(=O)/C(=C\c2ccc(Br)cc2)NC(=O)c2ccccc2)c1)C(=O)Nc1sc2c(c1C#N)CCN(C(=O)OC(C)(C)C)C2. The van der Waals surface area contributed by atoms with Crippen LogP contribution in [-0.2, 0) is 27.3 Å². The third-order valence-electron chi connectivity index (χ3n) is 7.54. The number of nitrogens with zero attached hydrogens (tertiary/aromatic N) is 2. The van der Waals surface area contributed by atoms with Crippen LogP contribution in [0.5, 0.6) is 0 Å². The van der Waals surface area contributed by atoms with E-state index < -0.39 is 28.8 Å². The smallest absolute Gasteiger partial charge is 0.410 e. The van der Waals surface area contributed by atoms with Crippen LogP contribution in [0.25, 0.3) is 6.08 Å². The van der Waals surface area contributed by atoms with Crippen LogP contribution in [0.1, 0.15) is 59.6 Å². The number of thiophene rings is 1. The summed E-state index contributed by atoms with van der Waals surface area (Å²) in [6.45, 7) is 7.92. The fourth-order valence-electron chi connectivity index (χ4n) is 5.08. The number of fused-ring (bicyclic) bond motifs is 1. The first-order chi connectivity index (χ1) is 24.3. The van der Waals surface area contributed by atoms with Crippen LogP contribution in [-0.4, -0.2) is 46.1 Å². The van der Waals surface area contributed by atoms with Gasteiger partial charge in [-0.2, -0.15) is 5.26 Å². The number of nitrogens with one attached hydrogen (secondary N) is 3. The number of carbonyl (C=O) groups is 4. The van der Waals surface area contributed by atoms with Gasteiger partial charge in [0.1, 0.15) is 22.4 Å². The number of thioether (sulfide) groups is 1. The highest BCUT2D eigenvalue weighted by Crippen LogP contribution is 2.38. The van der Waals surface area contributed by atoms with Gasteiger partial charge in [0.05, 0.1) is 17.4 Å². The zero-order chi connectivity index (χ0) is 36.7. The van der Waals surface area contributed by atoms with E-state index in [1.807, 2.05) is 51.1 Å². The molecule has 262 valence electrons. The Balaban J connectivity index is 1.25. The van der Waals surface area contributed by atoms with E-state index in [0.717, 1.165) is 19.8 Å². The lowest BCUT2D eigenvalue weighted by Gasteiger charge is -2.29. The average molecular weight is 787 g/mol. The molecule has 0 spiro atoms. The Labute approximate surface area is 313 Å². The molecule has 0 saturated heterocycles. The minimum absolute atomic E-state index is 0.0538. The minimum atomic E-state index is -0.622. The predicted molar refractivity (Wildman–Crippen MR) is 204 cm³/mol. The van der Waals surface area contributed by atoms with Crippen molar-refractivity contribution in [3.8, 4) is 6.07 Å². The standard InChI is InChI=1S/C38H36BrN5O5S2/c1-23(33(45)43-36-30(21-40)29-17-18-44(22-32(29)51-36)37(48)49-38(2,3)4)50-28-12-8-11-27(20-28)41-35(47)31(19-24-13-15-26(39)16-14-24)42-34(46)25-9-6-5-7-10-25/h5-16,19-20,23H,17-18,22H2,1-4H3,(H,41,47)(H,42,46)(H,43,45)/b31-19+. The zero-order valence-corrected chi connectivity index (χ0v) is 31.6. The molecule has 13 heteroatoms. The van der Waals surface area contributed by atoms with Crippen LogP contribution in [0.15, 0.2) is 93.9 Å². The summed E-state index contributed by atoms with van der Waals surface area (Å²) in [6.07, 6.45) is 1.67. The molecule has 0 fully saturated rings. The summed E-state index contributed by atoms with van der Waals surface area (Å²) in [4.78, 5) is 55.7. The highest BCUT2D eigenvalue weighted by Gasteiger charge is 2.30. The van der Waals surface area contributed by atoms with Crippen molar-refractivity contribution < 1.29 is 23.9 Å². The molecular formula is C38H36BrN5O5S2. The highest BCUT2D eigenvalue weighted by atomic mass is 79.9. The second-order valence-corrected chi connectivity index (χ2v) is 16.1. The van der Waals surface area contributed by atoms with Gasteiger partial charge in [-0.15, -0.1) is 23.1 Å². The molecule has 10 nitrogen and oxygen atoms in total. The van der Waals surface area contributed by atoms with E-state index in [4.69, 9.17) is 4.74 Å². The van der Waals surface area contributed by atoms with E-state index in [9.17, 15) is 24.4 Å². The molecule has 0 radical (unpaired) electrons. The molecule has 5 rings (SSSR count). The quantitative estimate of drug-likeness (QED) is 0.115. The fraction of sp³-hybridized carbons (Fsp3) is 0.237. The molecule has 4 aromatic rings. The lowest BCUT2D eigenvalue weighted by molar-refractivity contribution is -0.115. The molecule has 1 aromatic heterocycles. The van der Waals surface area contributed by atoms with Crippen molar-refractivity contribution in [1.82, 2.24) is 10.2 Å². The molecule has 1 atom stereocenters. The molecule has 3 N–H and O–H groups in total. The Kier molecular flexibility index (Phi) is 12.0. The van der Waals surface area contributed by atoms with E-state index in [1.165, 1.54) is 23.1 Å². The van der Waals surface area contributed by atoms with Crippen LogP contribution in [0, 0.1) is 11.3 Å². The zero-order valence-electron chi connectivity index (χ0n) is 28.4. The van der Waals surface area contributed by atoms with E-state index >= 15 is 0 Å². The third kappa shape index (κ3) is 10.1. The van der Waals surface area contributed by atoms with Gasteiger partial charge in [0, 0.05) is 32.0 Å². The summed E-state index contributed by atoms with van der Waals surface area (Å²) in [7, 11) is 0. The lowest BCUT2D eigenvalue weighted by atomic mass is 10.0. The fourth-order valence-corrected chi connectivity index (χ4v) is 7.48. The van der Waals surface area contributed by atoms with Gasteiger partial charge in [-0.3, -0.25) is 14.4 Å². The summed E-state index contributed by atoms with van der Waals surface area (Å²) in [5.74, 6) is -1.24. The van der Waals surface area contributed by atoms with Crippen molar-refractivity contribution >= 4 is 79.6 Å². The summed E-state index contributed by atoms with van der Waals surface area (Å²) >= 11 is 6.00. The Morgan fingerprint density at radius 3 is 2.43 bits per heavy atom. The van der Waals surface area contributed by atoms with E-state index in [0.29, 0.717) is 46.9 Å². The average Bonchev–Trinajstić information content (AvgIpc) is 3.44. The molecule has 0 bridgehead atoms. The number of ether oxygens (including phenoxy) is 1. The van der Waals surface area contributed by atoms with Crippen molar-refractivity contribution in [3.05, 3.63) is 116 Å². The van der Waals surface area contributed by atoms with Crippen LogP contribution >= 0.6 is 39.0 Å². The molecule has 1 aliphatic heterocycles. The third-order valence-corrected chi connectivity index (χ3v) is 10.3. The van der Waals surface area contributed by atoms with Crippen LogP contribution < -0.4 is 16.0 Å². The number of nitriles is 1. The van der Waals surface area contributed by atoms with Gasteiger partial charge in [-0.25, -0.2) is 4.79 Å². The first-order valence-electron chi connectivity index (χ1n) is 16.0. The van der Waals surface area contributed by atoms with Gasteiger partial charge in [-0.05, 0) is 93.8 Å². The number of hydrogen-bond acceptors (Lipinski definition) is 8. The molecular weight excluding hydrogens is 750 g/mol. The normalized spacial score (nSPS) is 13.3. The number of rotatable bonds is 9. The predicted octanol–water partition coefficient (Wildman–Crippen LogP) is 8.20. The van der Waals surface area contributed by atoms with Gasteiger partial charge in [0.2, 0.25) is 5.91 Å². The summed E-state index contributed by atoms with van der Waals surface area (Å²) in [6, 6.07) is 25.2. The van der Waals surface area contributed by atoms with Crippen molar-refractivity contribution in [2.45, 2.75) is 56.4 Å². The second kappa shape index (κ2) is 16.4. The van der Waals surface area contributed by atoms with Gasteiger partial charge in [0.15, 0.2) is 0 Å². The number of carbonyl (C=O) groups excluding carboxylic acids is 4. The van der Waals surface area contributed by atoms with Crippen molar-refractivity contribution in [1.29, 1.82) is 5.26 Å². The van der Waals surface area contributed by atoms with Gasteiger partial charge >= 0.3 is 6.09 Å². The lowest BCUT2D eigenvalue weighted by Crippen LogP contribution is -2.39. The van der Waals surface area contributed by atoms with Gasteiger partial charge in [0.25, 0.3) is 11.8 Å². The Morgan fingerprint density at radius 1 is 1.02 bits per heavy atom. The molecule has 0 saturated carbocycles. The topological polar surface area (TPSA) is 141 Å². The maximum Gasteiger partial charge on any atom is 0.410 e. The number of benzene rings is 3. The van der Waals surface area contributed by atoms with Crippen LogP contribution in [0.2, 0.25) is 0 Å². The largest absolute Gasteiger partial charge is 0.444 e. The summed E-state index contributed by atoms with van der Waals surface area (Å²) < 4.78 is 6.40. The van der Waals surface area contributed by atoms with Crippen molar-refractivity contribution in [2.75, 3.05) is 17.2 Å². The molecule has 2 heterocycles. The minimum Gasteiger partial charge on any atom is -0.444 e. The Hall–Kier alpha value is -4.90. The first-order valence-corrected chi connectivity index (χ1v) is 18.5. The summed E-state index contributed by atoms with van der Waals surface area (Å²) in [5.41, 5.74) is 2.29. The van der Waals surface area contributed by atoms with Crippen LogP contribution in [0.4, 0.5) is 15.5 Å². The molecule has 51 heavy (non-hydrogen) atoms. The number of hydrogen-bond donors (Lipinski definition) is 3. The molecule has 0 aliphatic carbocycles. The number of halogens is 1. The van der Waals surface area contributed by atoms with E-state index in [-0.39, 0.29) is 11.6 Å². The second-order valence-electron chi connectivity index (χ2n) is 12.6. The van der Waals surface area contributed by atoms with Gasteiger partial charge in [-0.1, -0.05) is 52.3 Å². The molecule has 3 aromatic carbocycles. The Bertz CT molecular complexity index is 2020. The maximum atomic E-state index is 13.5. The summed E-state index contributed by atoms with van der Waals surface area (Å²) in [5, 5.41) is 18.4. The number of anilines is 2. The Morgan fingerprint density at radius 2 is 1.75 bits per heavy atom. The molecule has 1 unspecified atom stereocenters. The monoisotopic (exact) mass is 785 g/mol. The number of amides is 4. The van der Waals surface area contributed by atoms with E-state index in [1.54, 1.807) is 66.4 Å². The maximum absolute atomic E-state index is 13.5. The van der Waals surface area contributed by atoms with Gasteiger partial charge < -0.3 is 25.6 Å². The van der Waals surface area contributed by atoms with E-state index in [2.05, 4.69) is 37.9 Å². The van der Waals surface area contributed by atoms with Crippen LogP contribution in [0.3, 0.4) is 0 Å².